The first-order valence-electron chi connectivity index (χ1n) is 8.95. The monoisotopic (exact) mass is 451 g/mol. The molecule has 0 N–H and O–H groups in total. The van der Waals surface area contributed by atoms with Crippen molar-refractivity contribution in [3.8, 4) is 34.2 Å². The van der Waals surface area contributed by atoms with Crippen molar-refractivity contribution in [2.24, 2.45) is 0 Å². The summed E-state index contributed by atoms with van der Waals surface area (Å²) in [5, 5.41) is 5.65. The Morgan fingerprint density at radius 2 is 1.77 bits per heavy atom. The predicted molar refractivity (Wildman–Crippen MR) is 112 cm³/mol. The van der Waals surface area contributed by atoms with E-state index < -0.39 is 0 Å². The van der Waals surface area contributed by atoms with Crippen LogP contribution in [0.4, 0.5) is 4.39 Å². The summed E-state index contributed by atoms with van der Waals surface area (Å²) in [4.78, 5) is 17.3. The molecule has 0 aliphatic heterocycles. The van der Waals surface area contributed by atoms with Gasteiger partial charge in [0.2, 0.25) is 18.1 Å². The van der Waals surface area contributed by atoms with E-state index >= 15 is 0 Å². The summed E-state index contributed by atoms with van der Waals surface area (Å²) in [7, 11) is 0. The van der Waals surface area contributed by atoms with Crippen LogP contribution in [0.5, 0.6) is 0 Å². The SMILES string of the molecule is Fc1ccc(-c2nc(-c3ncon3)ccc2-c2ncc(Sc3ccc(Cl)cn3)o2)cc1. The minimum atomic E-state index is -0.343. The Morgan fingerprint density at radius 3 is 2.52 bits per heavy atom. The largest absolute Gasteiger partial charge is 0.429 e. The van der Waals surface area contributed by atoms with E-state index in [-0.39, 0.29) is 5.82 Å². The van der Waals surface area contributed by atoms with Crippen molar-refractivity contribution in [1.29, 1.82) is 0 Å². The quantitative estimate of drug-likeness (QED) is 0.331. The van der Waals surface area contributed by atoms with Crippen LogP contribution in [0.15, 0.2) is 86.4 Å². The van der Waals surface area contributed by atoms with Gasteiger partial charge in [0.15, 0.2) is 5.09 Å². The Hall–Kier alpha value is -3.56. The second kappa shape index (κ2) is 8.29. The third kappa shape index (κ3) is 4.18. The van der Waals surface area contributed by atoms with Gasteiger partial charge in [-0.3, -0.25) is 0 Å². The molecule has 4 heterocycles. The summed E-state index contributed by atoms with van der Waals surface area (Å²) >= 11 is 7.20. The zero-order valence-corrected chi connectivity index (χ0v) is 17.1. The van der Waals surface area contributed by atoms with Crippen LogP contribution >= 0.6 is 23.4 Å². The van der Waals surface area contributed by atoms with E-state index in [1.54, 1.807) is 48.8 Å². The molecule has 0 saturated carbocycles. The van der Waals surface area contributed by atoms with Gasteiger partial charge in [-0.25, -0.2) is 19.3 Å². The van der Waals surface area contributed by atoms with Crippen LogP contribution in [-0.2, 0) is 0 Å². The molecule has 0 spiro atoms. The molecule has 0 atom stereocenters. The summed E-state index contributed by atoms with van der Waals surface area (Å²) < 4.78 is 24.2. The first-order chi connectivity index (χ1) is 15.2. The number of hydrogen-bond donors (Lipinski definition) is 0. The highest BCUT2D eigenvalue weighted by atomic mass is 35.5. The number of oxazole rings is 1. The lowest BCUT2D eigenvalue weighted by Gasteiger charge is -2.08. The van der Waals surface area contributed by atoms with Gasteiger partial charge in [-0.2, -0.15) is 4.98 Å². The van der Waals surface area contributed by atoms with Gasteiger partial charge in [-0.15, -0.1) is 0 Å². The van der Waals surface area contributed by atoms with Crippen LogP contribution in [0, 0.1) is 5.82 Å². The first-order valence-corrected chi connectivity index (χ1v) is 10.1. The lowest BCUT2D eigenvalue weighted by Crippen LogP contribution is -1.94. The fourth-order valence-electron chi connectivity index (χ4n) is 2.82. The van der Waals surface area contributed by atoms with Gasteiger partial charge in [0.1, 0.15) is 16.5 Å². The topological polar surface area (TPSA) is 90.7 Å². The Labute approximate surface area is 184 Å². The average molecular weight is 452 g/mol. The van der Waals surface area contributed by atoms with Crippen molar-refractivity contribution in [3.63, 3.8) is 0 Å². The van der Waals surface area contributed by atoms with Crippen LogP contribution in [-0.4, -0.2) is 25.1 Å². The van der Waals surface area contributed by atoms with Gasteiger partial charge in [0, 0.05) is 11.8 Å². The van der Waals surface area contributed by atoms with Crippen LogP contribution < -0.4 is 0 Å². The third-order valence-electron chi connectivity index (χ3n) is 4.22. The van der Waals surface area contributed by atoms with Crippen molar-refractivity contribution in [2.45, 2.75) is 10.1 Å². The molecule has 31 heavy (non-hydrogen) atoms. The Kier molecular flexibility index (Phi) is 5.19. The molecule has 10 heteroatoms. The molecule has 0 saturated heterocycles. The molecule has 0 fully saturated rings. The molecule has 152 valence electrons. The lowest BCUT2D eigenvalue weighted by atomic mass is 10.0. The van der Waals surface area contributed by atoms with Crippen molar-refractivity contribution in [2.75, 3.05) is 0 Å². The number of halogens is 2. The number of rotatable bonds is 5. The maximum Gasteiger partial charge on any atom is 0.229 e. The van der Waals surface area contributed by atoms with Gasteiger partial charge in [0.25, 0.3) is 0 Å². The molecule has 7 nitrogen and oxygen atoms in total. The molecule has 4 aromatic heterocycles. The molecular weight excluding hydrogens is 441 g/mol. The van der Waals surface area contributed by atoms with Crippen LogP contribution in [0.25, 0.3) is 34.2 Å². The molecule has 0 bridgehead atoms. The second-order valence-electron chi connectivity index (χ2n) is 6.26. The van der Waals surface area contributed by atoms with Crippen molar-refractivity contribution in [1.82, 2.24) is 25.1 Å². The fourth-order valence-corrected chi connectivity index (χ4v) is 3.61. The first kappa shape index (κ1) is 19.4. The number of benzene rings is 1. The molecule has 5 aromatic rings. The van der Waals surface area contributed by atoms with Crippen molar-refractivity contribution >= 4 is 23.4 Å². The fraction of sp³-hybridized carbons (Fsp3) is 0. The van der Waals surface area contributed by atoms with Crippen LogP contribution in [0.1, 0.15) is 0 Å². The maximum atomic E-state index is 13.5. The molecule has 0 radical (unpaired) electrons. The van der Waals surface area contributed by atoms with Crippen LogP contribution in [0.2, 0.25) is 5.02 Å². The normalized spacial score (nSPS) is 11.0. The Balaban J connectivity index is 1.54. The second-order valence-corrected chi connectivity index (χ2v) is 7.72. The number of pyridine rings is 2. The van der Waals surface area contributed by atoms with E-state index in [1.807, 2.05) is 0 Å². The number of hydrogen-bond acceptors (Lipinski definition) is 8. The number of nitrogens with zero attached hydrogens (tertiary/aromatic N) is 5. The smallest absolute Gasteiger partial charge is 0.229 e. The number of aromatic nitrogens is 5. The molecule has 5 rings (SSSR count). The lowest BCUT2D eigenvalue weighted by molar-refractivity contribution is 0.418. The van der Waals surface area contributed by atoms with Gasteiger partial charge in [0.05, 0.1) is 22.5 Å². The summed E-state index contributed by atoms with van der Waals surface area (Å²) in [5.41, 5.74) is 2.37. The molecular formula is C21H11ClFN5O2S. The Morgan fingerprint density at radius 1 is 0.903 bits per heavy atom. The van der Waals surface area contributed by atoms with E-state index in [9.17, 15) is 4.39 Å². The molecule has 0 unspecified atom stereocenters. The van der Waals surface area contributed by atoms with E-state index in [0.717, 1.165) is 5.03 Å². The zero-order chi connectivity index (χ0) is 21.2. The zero-order valence-electron chi connectivity index (χ0n) is 15.6. The summed E-state index contributed by atoms with van der Waals surface area (Å²) in [6.45, 7) is 0. The third-order valence-corrected chi connectivity index (χ3v) is 5.29. The van der Waals surface area contributed by atoms with Crippen molar-refractivity contribution < 1.29 is 13.3 Å². The van der Waals surface area contributed by atoms with Gasteiger partial charge in [-0.05, 0) is 60.3 Å². The summed E-state index contributed by atoms with van der Waals surface area (Å²) in [5.74, 6) is 0.361. The van der Waals surface area contributed by atoms with E-state index in [4.69, 9.17) is 20.5 Å². The molecule has 1 aromatic carbocycles. The van der Waals surface area contributed by atoms with Crippen LogP contribution in [0.3, 0.4) is 0 Å². The van der Waals surface area contributed by atoms with Gasteiger partial charge < -0.3 is 8.94 Å². The maximum absolute atomic E-state index is 13.5. The highest BCUT2D eigenvalue weighted by Gasteiger charge is 2.18. The summed E-state index contributed by atoms with van der Waals surface area (Å²) in [6, 6.07) is 13.1. The minimum absolute atomic E-state index is 0.340. The highest BCUT2D eigenvalue weighted by molar-refractivity contribution is 7.99. The van der Waals surface area contributed by atoms with E-state index in [0.29, 0.717) is 44.3 Å². The molecule has 0 aliphatic carbocycles. The summed E-state index contributed by atoms with van der Waals surface area (Å²) in [6.07, 6.45) is 4.40. The average Bonchev–Trinajstić information content (AvgIpc) is 3.48. The minimum Gasteiger partial charge on any atom is -0.429 e. The molecule has 0 amide bonds. The van der Waals surface area contributed by atoms with E-state index in [1.165, 1.54) is 30.3 Å². The molecule has 0 aliphatic rings. The van der Waals surface area contributed by atoms with Gasteiger partial charge >= 0.3 is 0 Å². The van der Waals surface area contributed by atoms with Gasteiger partial charge in [-0.1, -0.05) is 16.8 Å². The van der Waals surface area contributed by atoms with Crippen molar-refractivity contribution in [3.05, 3.63) is 78.2 Å². The predicted octanol–water partition coefficient (Wildman–Crippen LogP) is 5.79. The Bertz CT molecular complexity index is 1330. The standard InChI is InChI=1S/C21H11ClFN5O2S/c22-13-3-8-17(24-9-13)31-18-10-25-21(30-18)15-6-7-16(20-26-11-29-28-20)27-19(15)12-1-4-14(23)5-2-12/h1-11H. The highest BCUT2D eigenvalue weighted by Crippen LogP contribution is 2.35. The van der Waals surface area contributed by atoms with E-state index in [2.05, 4.69) is 25.1 Å².